The van der Waals surface area contributed by atoms with Gasteiger partial charge in [-0.05, 0) is 35.7 Å². The summed E-state index contributed by atoms with van der Waals surface area (Å²) < 4.78 is 0. The molecular weight excluding hydrogens is 248 g/mol. The lowest BCUT2D eigenvalue weighted by Crippen LogP contribution is -2.19. The van der Waals surface area contributed by atoms with Crippen LogP contribution in [0.1, 0.15) is 13.3 Å². The van der Waals surface area contributed by atoms with Gasteiger partial charge in [0.2, 0.25) is 5.91 Å². The molecule has 0 saturated heterocycles. The van der Waals surface area contributed by atoms with Crippen molar-refractivity contribution in [3.8, 4) is 11.1 Å². The molecule has 0 aliphatic rings. The first-order valence-corrected chi connectivity index (χ1v) is 6.84. The third-order valence-corrected chi connectivity index (χ3v) is 3.21. The molecule has 2 aromatic carbocycles. The van der Waals surface area contributed by atoms with E-state index in [1.165, 1.54) is 5.56 Å². The molecule has 0 bridgehead atoms. The molecule has 0 aliphatic heterocycles. The highest BCUT2D eigenvalue weighted by atomic mass is 16.1. The first-order chi connectivity index (χ1) is 9.69. The molecule has 0 aromatic heterocycles. The minimum atomic E-state index is 0.00964. The number of nitrogens with two attached hydrogens (primary N) is 1. The van der Waals surface area contributed by atoms with Gasteiger partial charge >= 0.3 is 0 Å². The van der Waals surface area contributed by atoms with E-state index < -0.39 is 0 Å². The molecule has 1 atom stereocenters. The molecule has 1 unspecified atom stereocenters. The van der Waals surface area contributed by atoms with E-state index in [1.54, 1.807) is 0 Å². The van der Waals surface area contributed by atoms with Crippen molar-refractivity contribution >= 4 is 11.6 Å². The summed E-state index contributed by atoms with van der Waals surface area (Å²) >= 11 is 0. The summed E-state index contributed by atoms with van der Waals surface area (Å²) in [6.07, 6.45) is 0.455. The number of hydrogen-bond donors (Lipinski definition) is 2. The Labute approximate surface area is 119 Å². The lowest BCUT2D eigenvalue weighted by Gasteiger charge is -2.09. The van der Waals surface area contributed by atoms with Gasteiger partial charge in [0.15, 0.2) is 0 Å². The highest BCUT2D eigenvalue weighted by Gasteiger charge is 2.07. The van der Waals surface area contributed by atoms with E-state index in [1.807, 2.05) is 49.4 Å². The van der Waals surface area contributed by atoms with Crippen molar-refractivity contribution in [3.63, 3.8) is 0 Å². The van der Waals surface area contributed by atoms with Crippen LogP contribution in [0.15, 0.2) is 54.6 Å². The number of nitrogens with one attached hydrogen (secondary N) is 1. The van der Waals surface area contributed by atoms with Gasteiger partial charge in [-0.1, -0.05) is 49.4 Å². The maximum absolute atomic E-state index is 11.8. The summed E-state index contributed by atoms with van der Waals surface area (Å²) in [5, 5.41) is 2.89. The standard InChI is InChI=1S/C17H20N2O/c1-13(12-18)11-17(20)19-16-9-7-15(8-10-16)14-5-3-2-4-6-14/h2-10,13H,11-12,18H2,1H3,(H,19,20). The van der Waals surface area contributed by atoms with E-state index in [-0.39, 0.29) is 11.8 Å². The summed E-state index contributed by atoms with van der Waals surface area (Å²) in [6.45, 7) is 2.50. The van der Waals surface area contributed by atoms with Gasteiger partial charge in [-0.15, -0.1) is 0 Å². The normalized spacial score (nSPS) is 11.9. The van der Waals surface area contributed by atoms with Crippen molar-refractivity contribution in [2.75, 3.05) is 11.9 Å². The molecule has 104 valence electrons. The topological polar surface area (TPSA) is 55.1 Å². The molecular formula is C17H20N2O. The molecule has 0 spiro atoms. The van der Waals surface area contributed by atoms with Crippen LogP contribution in [-0.4, -0.2) is 12.5 Å². The second-order valence-electron chi connectivity index (χ2n) is 5.04. The minimum absolute atomic E-state index is 0.00964. The van der Waals surface area contributed by atoms with Crippen molar-refractivity contribution in [3.05, 3.63) is 54.6 Å². The average molecular weight is 268 g/mol. The van der Waals surface area contributed by atoms with Crippen LogP contribution in [0.25, 0.3) is 11.1 Å². The van der Waals surface area contributed by atoms with Crippen LogP contribution in [-0.2, 0) is 4.79 Å². The number of rotatable bonds is 5. The van der Waals surface area contributed by atoms with E-state index >= 15 is 0 Å². The fourth-order valence-corrected chi connectivity index (χ4v) is 1.99. The highest BCUT2D eigenvalue weighted by Crippen LogP contribution is 2.21. The third kappa shape index (κ3) is 3.93. The lowest BCUT2D eigenvalue weighted by atomic mass is 10.1. The second kappa shape index (κ2) is 6.87. The number of carbonyl (C=O) groups is 1. The highest BCUT2D eigenvalue weighted by molar-refractivity contribution is 5.91. The first kappa shape index (κ1) is 14.3. The van der Waals surface area contributed by atoms with E-state index in [9.17, 15) is 4.79 Å². The maximum atomic E-state index is 11.8. The average Bonchev–Trinajstić information content (AvgIpc) is 2.48. The van der Waals surface area contributed by atoms with E-state index in [2.05, 4.69) is 17.4 Å². The SMILES string of the molecule is CC(CN)CC(=O)Nc1ccc(-c2ccccc2)cc1. The van der Waals surface area contributed by atoms with Crippen LogP contribution in [0.4, 0.5) is 5.69 Å². The van der Waals surface area contributed by atoms with Gasteiger partial charge in [0, 0.05) is 12.1 Å². The van der Waals surface area contributed by atoms with E-state index in [0.29, 0.717) is 13.0 Å². The Morgan fingerprint density at radius 3 is 2.25 bits per heavy atom. The Bertz CT molecular complexity index is 549. The first-order valence-electron chi connectivity index (χ1n) is 6.84. The van der Waals surface area contributed by atoms with Gasteiger partial charge in [0.05, 0.1) is 0 Å². The molecule has 3 nitrogen and oxygen atoms in total. The second-order valence-corrected chi connectivity index (χ2v) is 5.04. The summed E-state index contributed by atoms with van der Waals surface area (Å²) in [4.78, 5) is 11.8. The van der Waals surface area contributed by atoms with Crippen LogP contribution in [0.3, 0.4) is 0 Å². The molecule has 0 aliphatic carbocycles. The van der Waals surface area contributed by atoms with Gasteiger partial charge in [-0.25, -0.2) is 0 Å². The molecule has 1 amide bonds. The monoisotopic (exact) mass is 268 g/mol. The summed E-state index contributed by atoms with van der Waals surface area (Å²) in [5.74, 6) is 0.217. The molecule has 2 aromatic rings. The van der Waals surface area contributed by atoms with Crippen molar-refractivity contribution in [2.45, 2.75) is 13.3 Å². The maximum Gasteiger partial charge on any atom is 0.224 e. The van der Waals surface area contributed by atoms with E-state index in [0.717, 1.165) is 11.3 Å². The van der Waals surface area contributed by atoms with Gasteiger partial charge in [0.1, 0.15) is 0 Å². The van der Waals surface area contributed by atoms with Crippen LogP contribution in [0.5, 0.6) is 0 Å². The zero-order valence-electron chi connectivity index (χ0n) is 11.7. The van der Waals surface area contributed by atoms with Gasteiger partial charge in [-0.2, -0.15) is 0 Å². The number of amides is 1. The van der Waals surface area contributed by atoms with Crippen molar-refractivity contribution < 1.29 is 4.79 Å². The number of carbonyl (C=O) groups excluding carboxylic acids is 1. The Kier molecular flexibility index (Phi) is 4.91. The number of hydrogen-bond acceptors (Lipinski definition) is 2. The Morgan fingerprint density at radius 2 is 1.65 bits per heavy atom. The Morgan fingerprint density at radius 1 is 1.05 bits per heavy atom. The summed E-state index contributed by atoms with van der Waals surface area (Å²) in [6, 6.07) is 18.0. The molecule has 3 heteroatoms. The van der Waals surface area contributed by atoms with Crippen LogP contribution < -0.4 is 11.1 Å². The molecule has 3 N–H and O–H groups in total. The summed E-state index contributed by atoms with van der Waals surface area (Å²) in [5.41, 5.74) is 8.64. The zero-order chi connectivity index (χ0) is 14.4. The molecule has 0 fully saturated rings. The molecule has 2 rings (SSSR count). The van der Waals surface area contributed by atoms with Gasteiger partial charge in [-0.3, -0.25) is 4.79 Å². The minimum Gasteiger partial charge on any atom is -0.330 e. The van der Waals surface area contributed by atoms with Gasteiger partial charge < -0.3 is 11.1 Å². The number of anilines is 1. The molecule has 20 heavy (non-hydrogen) atoms. The zero-order valence-corrected chi connectivity index (χ0v) is 11.7. The smallest absolute Gasteiger partial charge is 0.224 e. The predicted molar refractivity (Wildman–Crippen MR) is 83.3 cm³/mol. The van der Waals surface area contributed by atoms with Crippen molar-refractivity contribution in [2.24, 2.45) is 11.7 Å². The molecule has 0 radical (unpaired) electrons. The fourth-order valence-electron chi connectivity index (χ4n) is 1.99. The molecule has 0 saturated carbocycles. The summed E-state index contributed by atoms with van der Waals surface area (Å²) in [7, 11) is 0. The number of benzene rings is 2. The predicted octanol–water partition coefficient (Wildman–Crippen LogP) is 3.28. The molecule has 0 heterocycles. The van der Waals surface area contributed by atoms with Crippen LogP contribution in [0, 0.1) is 5.92 Å². The Balaban J connectivity index is 2.00. The largest absolute Gasteiger partial charge is 0.330 e. The van der Waals surface area contributed by atoms with Crippen LogP contribution >= 0.6 is 0 Å². The quantitative estimate of drug-likeness (QED) is 0.874. The van der Waals surface area contributed by atoms with Crippen LogP contribution in [0.2, 0.25) is 0 Å². The lowest BCUT2D eigenvalue weighted by molar-refractivity contribution is -0.116. The van der Waals surface area contributed by atoms with Crippen molar-refractivity contribution in [1.29, 1.82) is 0 Å². The Hall–Kier alpha value is -2.13. The van der Waals surface area contributed by atoms with E-state index in [4.69, 9.17) is 5.73 Å². The van der Waals surface area contributed by atoms with Gasteiger partial charge in [0.25, 0.3) is 0 Å². The third-order valence-electron chi connectivity index (χ3n) is 3.21. The van der Waals surface area contributed by atoms with Crippen molar-refractivity contribution in [1.82, 2.24) is 0 Å². The fraction of sp³-hybridized carbons (Fsp3) is 0.235.